The molecule has 1 aromatic rings. The maximum atomic E-state index is 2.70. The van der Waals surface area contributed by atoms with Gasteiger partial charge in [0, 0.05) is 19.6 Å². The van der Waals surface area contributed by atoms with Crippen molar-refractivity contribution in [3.05, 3.63) is 35.9 Å². The second-order valence-corrected chi connectivity index (χ2v) is 5.80. The fraction of sp³-hybridized carbons (Fsp3) is 0.625. The first-order valence-electron chi connectivity index (χ1n) is 7.18. The number of rotatable bonds is 3. The molecule has 1 aromatic carbocycles. The van der Waals surface area contributed by atoms with Gasteiger partial charge in [-0.05, 0) is 36.7 Å². The Kier molecular flexibility index (Phi) is 3.46. The molecule has 1 heteroatoms. The molecule has 1 nitrogen and oxygen atoms in total. The van der Waals surface area contributed by atoms with Gasteiger partial charge in [-0.3, -0.25) is 0 Å². The van der Waals surface area contributed by atoms with Crippen LogP contribution in [0.2, 0.25) is 0 Å². The maximum Gasteiger partial charge on any atom is 0.00221 e. The van der Waals surface area contributed by atoms with Crippen LogP contribution in [0, 0.1) is 11.8 Å². The van der Waals surface area contributed by atoms with Crippen molar-refractivity contribution in [1.29, 1.82) is 0 Å². The van der Waals surface area contributed by atoms with Crippen LogP contribution in [-0.2, 0) is 6.42 Å². The van der Waals surface area contributed by atoms with E-state index in [0.717, 1.165) is 11.8 Å². The van der Waals surface area contributed by atoms with E-state index in [-0.39, 0.29) is 0 Å². The summed E-state index contributed by atoms with van der Waals surface area (Å²) in [4.78, 5) is 2.70. The van der Waals surface area contributed by atoms with Crippen molar-refractivity contribution in [3.8, 4) is 0 Å². The van der Waals surface area contributed by atoms with Gasteiger partial charge in [-0.2, -0.15) is 0 Å². The fourth-order valence-electron chi connectivity index (χ4n) is 3.62. The van der Waals surface area contributed by atoms with Gasteiger partial charge in [-0.25, -0.2) is 0 Å². The Morgan fingerprint density at radius 2 is 1.59 bits per heavy atom. The van der Waals surface area contributed by atoms with Crippen molar-refractivity contribution >= 4 is 0 Å². The van der Waals surface area contributed by atoms with Gasteiger partial charge < -0.3 is 4.90 Å². The highest BCUT2D eigenvalue weighted by Gasteiger charge is 2.33. The molecule has 1 heterocycles. The summed E-state index contributed by atoms with van der Waals surface area (Å²) in [6, 6.07) is 10.9. The number of hydrogen-bond donors (Lipinski definition) is 0. The van der Waals surface area contributed by atoms with Gasteiger partial charge in [0.15, 0.2) is 0 Å². The molecule has 2 fully saturated rings. The molecule has 1 aliphatic carbocycles. The van der Waals surface area contributed by atoms with Crippen LogP contribution in [0.4, 0.5) is 0 Å². The molecule has 3 rings (SSSR count). The Bertz CT molecular complexity index is 332. The quantitative estimate of drug-likeness (QED) is 0.768. The zero-order valence-electron chi connectivity index (χ0n) is 10.6. The summed E-state index contributed by atoms with van der Waals surface area (Å²) in [5.74, 6) is 2.05. The third-order valence-electron chi connectivity index (χ3n) is 4.61. The summed E-state index contributed by atoms with van der Waals surface area (Å²) in [7, 11) is 0. The Hall–Kier alpha value is -0.820. The van der Waals surface area contributed by atoms with Gasteiger partial charge in [0.1, 0.15) is 0 Å². The molecule has 1 saturated heterocycles. The van der Waals surface area contributed by atoms with Gasteiger partial charge in [0.05, 0.1) is 0 Å². The largest absolute Gasteiger partial charge is 0.302 e. The fourth-order valence-corrected chi connectivity index (χ4v) is 3.62. The third-order valence-corrected chi connectivity index (χ3v) is 4.61. The van der Waals surface area contributed by atoms with Crippen LogP contribution in [0.25, 0.3) is 0 Å². The molecule has 0 aromatic heterocycles. The average molecular weight is 229 g/mol. The lowest BCUT2D eigenvalue weighted by atomic mass is 9.82. The summed E-state index contributed by atoms with van der Waals surface area (Å²) < 4.78 is 0. The van der Waals surface area contributed by atoms with Crippen LogP contribution >= 0.6 is 0 Å². The van der Waals surface area contributed by atoms with E-state index in [1.54, 1.807) is 0 Å². The normalized spacial score (nSPS) is 29.2. The predicted octanol–water partition coefficient (Wildman–Crippen LogP) is 3.35. The topological polar surface area (TPSA) is 3.24 Å². The smallest absolute Gasteiger partial charge is 0.00221 e. The lowest BCUT2D eigenvalue weighted by Gasteiger charge is -2.23. The van der Waals surface area contributed by atoms with Crippen LogP contribution in [-0.4, -0.2) is 24.5 Å². The predicted molar refractivity (Wildman–Crippen MR) is 72.0 cm³/mol. The monoisotopic (exact) mass is 229 g/mol. The molecule has 0 radical (unpaired) electrons. The number of hydrogen-bond acceptors (Lipinski definition) is 1. The highest BCUT2D eigenvalue weighted by molar-refractivity contribution is 5.14. The second kappa shape index (κ2) is 5.22. The lowest BCUT2D eigenvalue weighted by molar-refractivity contribution is 0.299. The Labute approximate surface area is 105 Å². The lowest BCUT2D eigenvalue weighted by Crippen LogP contribution is -2.23. The van der Waals surface area contributed by atoms with E-state index < -0.39 is 0 Å². The van der Waals surface area contributed by atoms with Gasteiger partial charge in [0.25, 0.3) is 0 Å². The average Bonchev–Trinajstić information content (AvgIpc) is 2.80. The number of benzene rings is 1. The van der Waals surface area contributed by atoms with E-state index >= 15 is 0 Å². The molecule has 1 saturated carbocycles. The van der Waals surface area contributed by atoms with Crippen molar-refractivity contribution < 1.29 is 0 Å². The standard InChI is InChI=1S/C16H23N/c1-2-6-14(7-3-1)10-11-17-12-15-8-4-5-9-16(15)13-17/h1-3,6-7,15-16H,4-5,8-13H2. The molecule has 2 aliphatic rings. The van der Waals surface area contributed by atoms with E-state index in [2.05, 4.69) is 35.2 Å². The molecule has 2 unspecified atom stereocenters. The SMILES string of the molecule is c1ccc(CCN2CC3CCCCC3C2)cc1. The molecule has 2 atom stereocenters. The molecular weight excluding hydrogens is 206 g/mol. The van der Waals surface area contributed by atoms with Gasteiger partial charge in [0.2, 0.25) is 0 Å². The number of fused-ring (bicyclic) bond motifs is 1. The first-order chi connectivity index (χ1) is 8.42. The van der Waals surface area contributed by atoms with Crippen molar-refractivity contribution in [3.63, 3.8) is 0 Å². The van der Waals surface area contributed by atoms with E-state index in [4.69, 9.17) is 0 Å². The van der Waals surface area contributed by atoms with E-state index in [9.17, 15) is 0 Å². The Morgan fingerprint density at radius 3 is 2.24 bits per heavy atom. The van der Waals surface area contributed by atoms with Crippen molar-refractivity contribution in [1.82, 2.24) is 4.90 Å². The van der Waals surface area contributed by atoms with Crippen LogP contribution < -0.4 is 0 Å². The molecule has 0 N–H and O–H groups in total. The van der Waals surface area contributed by atoms with E-state index in [1.165, 1.54) is 57.3 Å². The minimum atomic E-state index is 1.03. The van der Waals surface area contributed by atoms with Crippen LogP contribution in [0.15, 0.2) is 30.3 Å². The summed E-state index contributed by atoms with van der Waals surface area (Å²) in [6.07, 6.45) is 7.17. The third kappa shape index (κ3) is 2.71. The second-order valence-electron chi connectivity index (χ2n) is 5.80. The maximum absolute atomic E-state index is 2.70. The molecule has 0 spiro atoms. The zero-order valence-corrected chi connectivity index (χ0v) is 10.6. The van der Waals surface area contributed by atoms with Crippen molar-refractivity contribution in [2.45, 2.75) is 32.1 Å². The molecule has 1 aliphatic heterocycles. The summed E-state index contributed by atoms with van der Waals surface area (Å²) >= 11 is 0. The first-order valence-corrected chi connectivity index (χ1v) is 7.18. The summed E-state index contributed by atoms with van der Waals surface area (Å²) in [6.45, 7) is 4.01. The number of likely N-dealkylation sites (tertiary alicyclic amines) is 1. The Balaban J connectivity index is 1.50. The zero-order chi connectivity index (χ0) is 11.5. The minimum absolute atomic E-state index is 1.03. The van der Waals surface area contributed by atoms with Gasteiger partial charge >= 0.3 is 0 Å². The van der Waals surface area contributed by atoms with E-state index in [0.29, 0.717) is 0 Å². The van der Waals surface area contributed by atoms with Crippen LogP contribution in [0.1, 0.15) is 31.2 Å². The summed E-state index contributed by atoms with van der Waals surface area (Å²) in [5.41, 5.74) is 1.49. The van der Waals surface area contributed by atoms with Gasteiger partial charge in [-0.1, -0.05) is 43.2 Å². The molecule has 92 valence electrons. The van der Waals surface area contributed by atoms with Gasteiger partial charge in [-0.15, -0.1) is 0 Å². The highest BCUT2D eigenvalue weighted by Crippen LogP contribution is 2.35. The van der Waals surface area contributed by atoms with E-state index in [1.807, 2.05) is 0 Å². The first kappa shape index (κ1) is 11.3. The molecule has 0 bridgehead atoms. The number of nitrogens with zero attached hydrogens (tertiary/aromatic N) is 1. The highest BCUT2D eigenvalue weighted by atomic mass is 15.1. The minimum Gasteiger partial charge on any atom is -0.302 e. The molecule has 17 heavy (non-hydrogen) atoms. The van der Waals surface area contributed by atoms with Crippen LogP contribution in [0.5, 0.6) is 0 Å². The summed E-state index contributed by atoms with van der Waals surface area (Å²) in [5, 5.41) is 0. The van der Waals surface area contributed by atoms with Crippen molar-refractivity contribution in [2.24, 2.45) is 11.8 Å². The molecule has 0 amide bonds. The van der Waals surface area contributed by atoms with Crippen molar-refractivity contribution in [2.75, 3.05) is 19.6 Å². The molecular formula is C16H23N. The Morgan fingerprint density at radius 1 is 0.941 bits per heavy atom. The van der Waals surface area contributed by atoms with Crippen LogP contribution in [0.3, 0.4) is 0 Å².